The van der Waals surface area contributed by atoms with E-state index in [1.165, 1.54) is 18.7 Å². The van der Waals surface area contributed by atoms with Crippen molar-refractivity contribution in [2.45, 2.75) is 182 Å². The van der Waals surface area contributed by atoms with Gasteiger partial charge in [0.2, 0.25) is 94.5 Å². The van der Waals surface area contributed by atoms with Crippen LogP contribution in [0.1, 0.15) is 96.5 Å². The first-order valence-electron chi connectivity index (χ1n) is 36.2. The summed E-state index contributed by atoms with van der Waals surface area (Å²) in [4.78, 5) is 256. The van der Waals surface area contributed by atoms with Crippen LogP contribution in [0.3, 0.4) is 0 Å². The molecule has 1 aromatic rings. The summed E-state index contributed by atoms with van der Waals surface area (Å²) in [6, 6.07) is -7.08. The zero-order valence-corrected chi connectivity index (χ0v) is 61.5. The predicted octanol–water partition coefficient (Wildman–Crippen LogP) is -11.7. The first-order chi connectivity index (χ1) is 53.0. The number of carboxylic acids is 3. The van der Waals surface area contributed by atoms with Crippen LogP contribution < -0.4 is 75.3 Å². The molecule has 0 spiro atoms. The number of nitrogens with one attached hydrogen (secondary N) is 13. The lowest BCUT2D eigenvalue weighted by molar-refractivity contribution is -0.147. The minimum Gasteiger partial charge on any atom is -0.481 e. The van der Waals surface area contributed by atoms with Crippen LogP contribution in [0.25, 0.3) is 0 Å². The fourth-order valence-electron chi connectivity index (χ4n) is 13.4. The molecule has 23 N–H and O–H groups in total. The third-order valence-corrected chi connectivity index (χ3v) is 19.0. The minimum absolute atomic E-state index is 0.0187. The highest BCUT2D eigenvalue weighted by molar-refractivity contribution is 6.01. The number of nitrogens with zero attached hydrogens (tertiary/aromatic N) is 5. The van der Waals surface area contributed by atoms with E-state index >= 15 is 0 Å². The number of hydrogen-bond donors (Lipinski definition) is 21. The lowest BCUT2D eigenvalue weighted by atomic mass is 10.1. The second kappa shape index (κ2) is 42.4. The van der Waals surface area contributed by atoms with E-state index in [2.05, 4.69) is 63.8 Å². The Morgan fingerprint density at radius 2 is 0.955 bits per heavy atom. The summed E-state index contributed by atoms with van der Waals surface area (Å²) in [5.74, 6) is -19.5. The normalized spacial score (nSPS) is 21.4. The molecule has 5 aliphatic rings. The van der Waals surface area contributed by atoms with Crippen molar-refractivity contribution in [3.05, 3.63) is 35.9 Å². The van der Waals surface area contributed by atoms with E-state index in [1.807, 2.05) is 0 Å². The van der Waals surface area contributed by atoms with Gasteiger partial charge in [0.05, 0.1) is 64.0 Å². The number of aliphatic hydroxyl groups is 3. The second-order valence-corrected chi connectivity index (χ2v) is 27.5. The predicted molar refractivity (Wildman–Crippen MR) is 381 cm³/mol. The summed E-state index contributed by atoms with van der Waals surface area (Å²) in [6.45, 7) is -3.02. The number of benzene rings is 1. The van der Waals surface area contributed by atoms with Gasteiger partial charge in [-0.1, -0.05) is 30.3 Å². The molecule has 0 radical (unpaired) electrons. The maximum absolute atomic E-state index is 14.3. The fraction of sp³-hybridized carbons (Fsp3) is 0.612. The zero-order chi connectivity index (χ0) is 82.8. The van der Waals surface area contributed by atoms with Crippen molar-refractivity contribution in [1.29, 1.82) is 5.41 Å². The molecule has 5 aliphatic heterocycles. The molecule has 45 nitrogen and oxygen atoms in total. The van der Waals surface area contributed by atoms with E-state index in [4.69, 9.17) is 16.9 Å². The Morgan fingerprint density at radius 3 is 1.48 bits per heavy atom. The highest BCUT2D eigenvalue weighted by atomic mass is 16.4. The van der Waals surface area contributed by atoms with Gasteiger partial charge >= 0.3 is 17.9 Å². The molecular formula is C67H98N20O25. The lowest BCUT2D eigenvalue weighted by Gasteiger charge is -2.31. The molecule has 0 saturated carbocycles. The highest BCUT2D eigenvalue weighted by Crippen LogP contribution is 2.27. The molecule has 45 heteroatoms. The van der Waals surface area contributed by atoms with Gasteiger partial charge in [-0.3, -0.25) is 91.7 Å². The van der Waals surface area contributed by atoms with Crippen LogP contribution in [0.2, 0.25) is 0 Å². The van der Waals surface area contributed by atoms with Crippen LogP contribution in [0.15, 0.2) is 30.3 Å². The summed E-state index contributed by atoms with van der Waals surface area (Å²) in [7, 11) is 0. The second-order valence-electron chi connectivity index (χ2n) is 27.5. The van der Waals surface area contributed by atoms with Gasteiger partial charge in [0, 0.05) is 71.4 Å². The summed E-state index contributed by atoms with van der Waals surface area (Å²) in [6.07, 6.45) is -6.75. The molecule has 0 aliphatic carbocycles. The number of rotatable bonds is 39. The molecule has 1 aromatic carbocycles. The number of β-amino-alcohol motifs (C(OH)–C–C–N with tert-alkyl or cyclic N) is 3. The topological polar surface area (TPSA) is 682 Å². The Hall–Kier alpha value is -11.7. The van der Waals surface area contributed by atoms with Crippen LogP contribution in [0.5, 0.6) is 0 Å². The van der Waals surface area contributed by atoms with Gasteiger partial charge in [0.25, 0.3) is 0 Å². The number of carboxylic acid groups (broad SMARTS) is 3. The van der Waals surface area contributed by atoms with Gasteiger partial charge in [0.1, 0.15) is 66.5 Å². The molecular weight excluding hydrogens is 1480 g/mol. The van der Waals surface area contributed by atoms with E-state index in [9.17, 15) is 122 Å². The van der Waals surface area contributed by atoms with Crippen LogP contribution in [0, 0.1) is 5.41 Å². The number of carbonyl (C=O) groups excluding carboxylic acids is 16. The molecule has 616 valence electrons. The van der Waals surface area contributed by atoms with E-state index in [1.54, 1.807) is 30.3 Å². The van der Waals surface area contributed by atoms with Crippen molar-refractivity contribution in [1.82, 2.24) is 88.3 Å². The summed E-state index contributed by atoms with van der Waals surface area (Å²) < 4.78 is 0. The Labute approximate surface area is 639 Å². The van der Waals surface area contributed by atoms with Crippen LogP contribution in [-0.4, -0.2) is 337 Å². The fourth-order valence-corrected chi connectivity index (χ4v) is 13.4. The largest absolute Gasteiger partial charge is 0.481 e. The van der Waals surface area contributed by atoms with Crippen LogP contribution in [-0.2, 0) is 97.5 Å². The Bertz CT molecular complexity index is 3700. The molecule has 0 aromatic heterocycles. The van der Waals surface area contributed by atoms with E-state index < -0.39 is 275 Å². The minimum atomic E-state index is -1.94. The van der Waals surface area contributed by atoms with Gasteiger partial charge in [-0.05, 0) is 64.4 Å². The molecule has 5 saturated heterocycles. The van der Waals surface area contributed by atoms with Gasteiger partial charge in [-0.15, -0.1) is 0 Å². The Morgan fingerprint density at radius 1 is 0.473 bits per heavy atom. The maximum atomic E-state index is 14.3. The SMILES string of the molecule is C[C@H](NC(=O)[C@@H]1CCCN1C(=O)CNC(=O)[C@@H]1C[C@@H](O)CN1C(=O)[C@@H]1CCCN1C(=O)CNC(=O)[C@@H]1C[C@@H](O)CN1C(=O)[C@H](CCC(=O)O)NC(=O)CNC(=O)[C@H](CCCNC(=N)N)NC(=O)[C@H](CC(=O)O)NC(=O)CNC(=O)[C@@H]1C[C@@H](O)CN1C(=O)[C@H](C)NC(=O)CN)C(=O)NCC(=O)N[C@@H](Cc1ccccc1)C(=O)O. The quantitative estimate of drug-likeness (QED) is 0.0165. The van der Waals surface area contributed by atoms with Crippen LogP contribution >= 0.6 is 0 Å². The van der Waals surface area contributed by atoms with E-state index in [0.717, 1.165) is 19.6 Å². The smallest absolute Gasteiger partial charge is 0.326 e. The first kappa shape index (κ1) is 89.2. The molecule has 14 atom stereocenters. The summed E-state index contributed by atoms with van der Waals surface area (Å²) in [5.41, 5.74) is 11.3. The summed E-state index contributed by atoms with van der Waals surface area (Å²) in [5, 5.41) is 96.3. The van der Waals surface area contributed by atoms with Crippen molar-refractivity contribution in [2.24, 2.45) is 11.5 Å². The molecule has 16 amide bonds. The van der Waals surface area contributed by atoms with Gasteiger partial charge in [-0.25, -0.2) is 4.79 Å². The number of likely N-dealkylation sites (tertiary alicyclic amines) is 5. The van der Waals surface area contributed by atoms with Gasteiger partial charge in [0.15, 0.2) is 5.96 Å². The maximum Gasteiger partial charge on any atom is 0.326 e. The van der Waals surface area contributed by atoms with Gasteiger partial charge < -0.3 is 130 Å². The standard InChI is InChI=1S/C67H98N20O25/c1-33(56(101)72-25-51(94)81-42(66(111)112)19-35-9-4-3-5-10-35)78-62(107)43-12-7-17-83(43)52(95)28-75-61(106)47-22-38(90)32-87(47)65(110)44-13-8-18-84(44)53(96)29-76-60(105)46-21-37(89)31-86(46)64(109)40(14-15-54(97)98)79-49(92)26-73-57(102)39(11-6-16-71-67(69)70)82-58(103)41(23-55(99)100)80-50(93)27-74-59(104)45-20-36(88)30-85(45)63(108)34(2)77-48(91)24-68/h3-5,9-10,33-34,36-47,88-90H,6-8,11-32,68H2,1-2H3,(H,72,101)(H,73,102)(H,74,104)(H,75,106)(H,76,105)(H,77,91)(H,78,107)(H,79,92)(H,80,93)(H,81,94)(H,82,103)(H,97,98)(H,99,100)(H,111,112)(H4,69,70,71)/t33-,34-,36+,37+,38+,39-,40-,41-,42-,43-,44-,45-,46-,47-/m0/s1. The highest BCUT2D eigenvalue weighted by Gasteiger charge is 2.47. The number of guanidine groups is 1. The summed E-state index contributed by atoms with van der Waals surface area (Å²) >= 11 is 0. The number of amides is 16. The number of carbonyl (C=O) groups is 19. The molecule has 6 rings (SSSR count). The molecule has 5 fully saturated rings. The number of nitrogens with two attached hydrogens (primary N) is 2. The van der Waals surface area contributed by atoms with Crippen LogP contribution in [0.4, 0.5) is 0 Å². The Balaban J connectivity index is 0.998. The zero-order valence-electron chi connectivity index (χ0n) is 61.5. The van der Waals surface area contributed by atoms with Crippen molar-refractivity contribution < 1.29 is 122 Å². The third-order valence-electron chi connectivity index (χ3n) is 19.0. The van der Waals surface area contributed by atoms with Gasteiger partial charge in [-0.2, -0.15) is 0 Å². The van der Waals surface area contributed by atoms with Crippen molar-refractivity contribution in [3.8, 4) is 0 Å². The van der Waals surface area contributed by atoms with Crippen molar-refractivity contribution >= 4 is 118 Å². The molecule has 5 heterocycles. The first-order valence-corrected chi connectivity index (χ1v) is 36.2. The van der Waals surface area contributed by atoms with Crippen molar-refractivity contribution in [3.63, 3.8) is 0 Å². The van der Waals surface area contributed by atoms with Crippen molar-refractivity contribution in [2.75, 3.05) is 78.5 Å². The lowest BCUT2D eigenvalue weighted by Crippen LogP contribution is -2.57. The molecule has 0 bridgehead atoms. The third kappa shape index (κ3) is 26.5. The Kier molecular flexibility index (Phi) is 33.8. The number of hydrogen-bond acceptors (Lipinski definition) is 24. The molecule has 0 unspecified atom stereocenters. The van der Waals surface area contributed by atoms with E-state index in [0.29, 0.717) is 12.0 Å². The average molecular weight is 1580 g/mol. The monoisotopic (exact) mass is 1580 g/mol. The number of aliphatic hydroxyl groups excluding tert-OH is 3. The average Bonchev–Trinajstić information content (AvgIpc) is 1.33. The van der Waals surface area contributed by atoms with E-state index in [-0.39, 0.29) is 84.1 Å². The molecule has 112 heavy (non-hydrogen) atoms. The number of aliphatic carboxylic acids is 3.